The third-order valence-electron chi connectivity index (χ3n) is 5.11. The molecule has 154 valence electrons. The number of nitrogens with one attached hydrogen (secondary N) is 3. The zero-order valence-corrected chi connectivity index (χ0v) is 16.4. The molecule has 8 heteroatoms. The van der Waals surface area contributed by atoms with Crippen LogP contribution in [0.25, 0.3) is 0 Å². The number of amides is 2. The lowest BCUT2D eigenvalue weighted by Crippen LogP contribution is -2.40. The van der Waals surface area contributed by atoms with Crippen molar-refractivity contribution >= 4 is 29.0 Å². The molecular weight excluding hydrogens is 378 g/mol. The SMILES string of the molecule is CNC(=O)c1cnc(Nc2ccccc2C)c(NC(=O)C2CCCCC2(F)F)c1. The largest absolute Gasteiger partial charge is 0.355 e. The predicted octanol–water partition coefficient (Wildman–Crippen LogP) is 4.26. The van der Waals surface area contributed by atoms with Crippen molar-refractivity contribution in [3.8, 4) is 0 Å². The van der Waals surface area contributed by atoms with E-state index in [2.05, 4.69) is 20.9 Å². The number of carbonyl (C=O) groups excluding carboxylic acids is 2. The van der Waals surface area contributed by atoms with Crippen LogP contribution < -0.4 is 16.0 Å². The number of carbonyl (C=O) groups is 2. The van der Waals surface area contributed by atoms with Crippen LogP contribution in [0.1, 0.15) is 41.6 Å². The number of para-hydroxylation sites is 1. The number of nitrogens with zero attached hydrogens (tertiary/aromatic N) is 1. The van der Waals surface area contributed by atoms with Gasteiger partial charge < -0.3 is 16.0 Å². The summed E-state index contributed by atoms with van der Waals surface area (Å²) >= 11 is 0. The second-order valence-corrected chi connectivity index (χ2v) is 7.19. The lowest BCUT2D eigenvalue weighted by Gasteiger charge is -2.30. The molecule has 1 aromatic heterocycles. The lowest BCUT2D eigenvalue weighted by molar-refractivity contribution is -0.140. The van der Waals surface area contributed by atoms with Crippen molar-refractivity contribution in [3.05, 3.63) is 47.7 Å². The molecule has 1 aliphatic rings. The molecule has 3 N–H and O–H groups in total. The van der Waals surface area contributed by atoms with Crippen molar-refractivity contribution < 1.29 is 18.4 Å². The highest BCUT2D eigenvalue weighted by molar-refractivity contribution is 6.00. The molecule has 1 fully saturated rings. The van der Waals surface area contributed by atoms with Gasteiger partial charge in [-0.05, 0) is 37.5 Å². The van der Waals surface area contributed by atoms with Crippen LogP contribution in [0.4, 0.5) is 26.0 Å². The van der Waals surface area contributed by atoms with Crippen LogP contribution in [-0.4, -0.2) is 29.8 Å². The van der Waals surface area contributed by atoms with E-state index in [9.17, 15) is 18.4 Å². The molecule has 1 unspecified atom stereocenters. The van der Waals surface area contributed by atoms with Crippen LogP contribution in [-0.2, 0) is 4.79 Å². The summed E-state index contributed by atoms with van der Waals surface area (Å²) in [7, 11) is 1.47. The highest BCUT2D eigenvalue weighted by Crippen LogP contribution is 2.39. The molecule has 1 saturated carbocycles. The molecule has 0 radical (unpaired) electrons. The first-order valence-corrected chi connectivity index (χ1v) is 9.55. The summed E-state index contributed by atoms with van der Waals surface area (Å²) in [6.45, 7) is 1.90. The molecule has 0 saturated heterocycles. The summed E-state index contributed by atoms with van der Waals surface area (Å²) in [6.07, 6.45) is 2.19. The Hall–Kier alpha value is -3.03. The smallest absolute Gasteiger partial charge is 0.259 e. The fourth-order valence-corrected chi connectivity index (χ4v) is 3.41. The standard InChI is InChI=1S/C21H24F2N4O2/c1-13-7-3-4-9-16(13)26-18-17(11-14(12-25-18)19(28)24-2)27-20(29)15-8-5-6-10-21(15,22)23/h3-4,7,9,11-12,15H,5-6,8,10H2,1-2H3,(H,24,28)(H,25,26)(H,27,29). The maximum atomic E-state index is 14.2. The van der Waals surface area contributed by atoms with Crippen LogP contribution in [0.3, 0.4) is 0 Å². The first-order chi connectivity index (χ1) is 13.8. The van der Waals surface area contributed by atoms with E-state index >= 15 is 0 Å². The van der Waals surface area contributed by atoms with Crippen LogP contribution in [0.2, 0.25) is 0 Å². The van der Waals surface area contributed by atoms with Crippen LogP contribution in [0.15, 0.2) is 36.5 Å². The highest BCUT2D eigenvalue weighted by Gasteiger charge is 2.45. The molecular formula is C21H24F2N4O2. The Morgan fingerprint density at radius 2 is 1.93 bits per heavy atom. The highest BCUT2D eigenvalue weighted by atomic mass is 19.3. The topological polar surface area (TPSA) is 83.1 Å². The first-order valence-electron chi connectivity index (χ1n) is 9.55. The summed E-state index contributed by atoms with van der Waals surface area (Å²) < 4.78 is 28.5. The van der Waals surface area contributed by atoms with Crippen LogP contribution in [0, 0.1) is 12.8 Å². The minimum atomic E-state index is -3.04. The van der Waals surface area contributed by atoms with Crippen molar-refractivity contribution in [2.24, 2.45) is 5.92 Å². The molecule has 1 atom stereocenters. The van der Waals surface area contributed by atoms with Gasteiger partial charge in [-0.2, -0.15) is 0 Å². The lowest BCUT2D eigenvalue weighted by atomic mass is 9.85. The van der Waals surface area contributed by atoms with E-state index in [-0.39, 0.29) is 29.9 Å². The predicted molar refractivity (Wildman–Crippen MR) is 108 cm³/mol. The average Bonchev–Trinajstić information content (AvgIpc) is 2.69. The maximum absolute atomic E-state index is 14.2. The number of aryl methyl sites for hydroxylation is 1. The second kappa shape index (κ2) is 8.55. The summed E-state index contributed by atoms with van der Waals surface area (Å²) in [6, 6.07) is 8.91. The van der Waals surface area contributed by atoms with Crippen LogP contribution >= 0.6 is 0 Å². The monoisotopic (exact) mass is 402 g/mol. The Labute approximate surface area is 168 Å². The van der Waals surface area contributed by atoms with Crippen LogP contribution in [0.5, 0.6) is 0 Å². The van der Waals surface area contributed by atoms with Gasteiger partial charge in [0.2, 0.25) is 5.91 Å². The number of anilines is 3. The number of alkyl halides is 2. The van der Waals surface area contributed by atoms with Crippen molar-refractivity contribution in [1.82, 2.24) is 10.3 Å². The zero-order chi connectivity index (χ0) is 21.0. The van der Waals surface area contributed by atoms with Gasteiger partial charge in [-0.25, -0.2) is 13.8 Å². The molecule has 6 nitrogen and oxygen atoms in total. The van der Waals surface area contributed by atoms with Gasteiger partial charge in [0.15, 0.2) is 5.82 Å². The van der Waals surface area contributed by atoms with Crippen molar-refractivity contribution in [3.63, 3.8) is 0 Å². The number of benzene rings is 1. The van der Waals surface area contributed by atoms with Crippen molar-refractivity contribution in [2.45, 2.75) is 38.5 Å². The summed E-state index contributed by atoms with van der Waals surface area (Å²) in [4.78, 5) is 28.9. The van der Waals surface area contributed by atoms with E-state index in [4.69, 9.17) is 0 Å². The van der Waals surface area contributed by atoms with Gasteiger partial charge in [-0.15, -0.1) is 0 Å². The molecule has 0 bridgehead atoms. The van der Waals surface area contributed by atoms with E-state index in [1.807, 2.05) is 31.2 Å². The summed E-state index contributed by atoms with van der Waals surface area (Å²) in [5, 5.41) is 8.16. The maximum Gasteiger partial charge on any atom is 0.259 e. The molecule has 2 aromatic rings. The van der Waals surface area contributed by atoms with E-state index in [1.54, 1.807) is 0 Å². The van der Waals surface area contributed by atoms with Crippen molar-refractivity contribution in [1.29, 1.82) is 0 Å². The molecule has 29 heavy (non-hydrogen) atoms. The van der Waals surface area contributed by atoms with E-state index < -0.39 is 23.7 Å². The normalized spacial score (nSPS) is 18.0. The minimum Gasteiger partial charge on any atom is -0.355 e. The third-order valence-corrected chi connectivity index (χ3v) is 5.11. The number of halogens is 2. The fraction of sp³-hybridized carbons (Fsp3) is 0.381. The van der Waals surface area contributed by atoms with Gasteiger partial charge in [-0.3, -0.25) is 9.59 Å². The van der Waals surface area contributed by atoms with Crippen molar-refractivity contribution in [2.75, 3.05) is 17.7 Å². The Morgan fingerprint density at radius 1 is 1.17 bits per heavy atom. The van der Waals surface area contributed by atoms with Gasteiger partial charge in [-0.1, -0.05) is 24.6 Å². The van der Waals surface area contributed by atoms with Gasteiger partial charge in [0.1, 0.15) is 5.92 Å². The minimum absolute atomic E-state index is 0.127. The Kier molecular flexibility index (Phi) is 6.10. The number of rotatable bonds is 5. The Bertz CT molecular complexity index is 917. The molecule has 0 aliphatic heterocycles. The summed E-state index contributed by atoms with van der Waals surface area (Å²) in [5.41, 5.74) is 2.10. The number of aromatic nitrogens is 1. The molecule has 1 aliphatic carbocycles. The quantitative estimate of drug-likeness (QED) is 0.698. The van der Waals surface area contributed by atoms with E-state index in [0.717, 1.165) is 11.3 Å². The fourth-order valence-electron chi connectivity index (χ4n) is 3.41. The Balaban J connectivity index is 1.92. The average molecular weight is 402 g/mol. The van der Waals surface area contributed by atoms with Gasteiger partial charge in [0.25, 0.3) is 11.8 Å². The molecule has 0 spiro atoms. The second-order valence-electron chi connectivity index (χ2n) is 7.19. The van der Waals surface area contributed by atoms with Gasteiger partial charge >= 0.3 is 0 Å². The van der Waals surface area contributed by atoms with Gasteiger partial charge in [0, 0.05) is 25.4 Å². The Morgan fingerprint density at radius 3 is 2.62 bits per heavy atom. The summed E-state index contributed by atoms with van der Waals surface area (Å²) in [5.74, 6) is -5.32. The first kappa shape index (κ1) is 20.7. The number of hydrogen-bond donors (Lipinski definition) is 3. The van der Waals surface area contributed by atoms with E-state index in [0.29, 0.717) is 12.8 Å². The molecule has 2 amide bonds. The molecule has 1 heterocycles. The van der Waals surface area contributed by atoms with Gasteiger partial charge in [0.05, 0.1) is 11.3 Å². The number of pyridine rings is 1. The molecule has 3 rings (SSSR count). The zero-order valence-electron chi connectivity index (χ0n) is 16.4. The number of hydrogen-bond acceptors (Lipinski definition) is 4. The third kappa shape index (κ3) is 4.70. The molecule has 1 aromatic carbocycles. The van der Waals surface area contributed by atoms with E-state index in [1.165, 1.54) is 19.3 Å².